The zero-order valence-electron chi connectivity index (χ0n) is 40.8. The fourth-order valence-electron chi connectivity index (χ4n) is 7.56. The van der Waals surface area contributed by atoms with Gasteiger partial charge in [-0.1, -0.05) is 164 Å². The topological polar surface area (TPSA) is 57.3 Å². The second kappa shape index (κ2) is 32.7. The van der Waals surface area contributed by atoms with Crippen LogP contribution in [0.15, 0.2) is 133 Å². The van der Waals surface area contributed by atoms with E-state index in [4.69, 9.17) is 9.47 Å². The summed E-state index contributed by atoms with van der Waals surface area (Å²) >= 11 is 0. The number of rotatable bonds is 31. The van der Waals surface area contributed by atoms with E-state index in [-0.39, 0.29) is 5.91 Å². The summed E-state index contributed by atoms with van der Waals surface area (Å²) < 4.78 is 11.8. The lowest BCUT2D eigenvalue weighted by Crippen LogP contribution is -2.39. The third kappa shape index (κ3) is 21.7. The van der Waals surface area contributed by atoms with Gasteiger partial charge in [-0.2, -0.15) is 0 Å². The third-order valence-corrected chi connectivity index (χ3v) is 11.7. The van der Waals surface area contributed by atoms with Crippen molar-refractivity contribution in [3.63, 3.8) is 0 Å². The van der Waals surface area contributed by atoms with Crippen molar-refractivity contribution in [1.82, 2.24) is 20.0 Å². The Labute approximate surface area is 394 Å². The van der Waals surface area contributed by atoms with Gasteiger partial charge in [-0.25, -0.2) is 0 Å². The highest BCUT2D eigenvalue weighted by Crippen LogP contribution is 2.19. The molecule has 5 rings (SSSR count). The van der Waals surface area contributed by atoms with Crippen molar-refractivity contribution in [3.8, 4) is 11.5 Å². The minimum atomic E-state index is 0.100. The summed E-state index contributed by atoms with van der Waals surface area (Å²) in [4.78, 5) is 20.8. The molecule has 1 N–H and O–H groups in total. The van der Waals surface area contributed by atoms with Gasteiger partial charge in [0.2, 0.25) is 0 Å². The van der Waals surface area contributed by atoms with Crippen LogP contribution in [0.5, 0.6) is 11.5 Å². The molecule has 0 fully saturated rings. The zero-order chi connectivity index (χ0) is 46.2. The van der Waals surface area contributed by atoms with Crippen LogP contribution in [0, 0.1) is 0 Å². The van der Waals surface area contributed by atoms with Crippen LogP contribution in [0.4, 0.5) is 0 Å². The maximum atomic E-state index is 13.7. The van der Waals surface area contributed by atoms with Crippen molar-refractivity contribution in [2.45, 2.75) is 125 Å². The van der Waals surface area contributed by atoms with Gasteiger partial charge in [0.15, 0.2) is 0 Å². The third-order valence-electron chi connectivity index (χ3n) is 11.7. The quantitative estimate of drug-likeness (QED) is 0.0448. The molecule has 0 aliphatic heterocycles. The summed E-state index contributed by atoms with van der Waals surface area (Å²) in [5.74, 6) is 1.86. The summed E-state index contributed by atoms with van der Waals surface area (Å²) in [6.45, 7) is 22.3. The van der Waals surface area contributed by atoms with Gasteiger partial charge in [0.1, 0.15) is 24.7 Å². The fraction of sp³-hybridized carbons (Fsp3) is 0.466. The summed E-state index contributed by atoms with van der Waals surface area (Å²) in [5, 5.41) is 3.58. The van der Waals surface area contributed by atoms with E-state index in [0.29, 0.717) is 19.8 Å². The Morgan fingerprint density at radius 2 is 0.892 bits per heavy atom. The van der Waals surface area contributed by atoms with Gasteiger partial charge in [0.25, 0.3) is 5.91 Å². The first-order valence-electron chi connectivity index (χ1n) is 25.0. The molecule has 7 heteroatoms. The van der Waals surface area contributed by atoms with Crippen molar-refractivity contribution < 1.29 is 14.3 Å². The molecule has 65 heavy (non-hydrogen) atoms. The van der Waals surface area contributed by atoms with Gasteiger partial charge in [0.05, 0.1) is 0 Å². The number of carbonyl (C=O) groups is 1. The molecule has 352 valence electrons. The minimum absolute atomic E-state index is 0.100. The van der Waals surface area contributed by atoms with Gasteiger partial charge < -0.3 is 29.5 Å². The lowest BCUT2D eigenvalue weighted by atomic mass is 10.1. The average Bonchev–Trinajstić information content (AvgIpc) is 3.35. The number of nitrogens with one attached hydrogen (secondary N) is 1. The van der Waals surface area contributed by atoms with E-state index in [1.807, 2.05) is 65.6 Å². The number of ether oxygens (including phenoxy) is 2. The molecule has 0 aliphatic carbocycles. The zero-order valence-corrected chi connectivity index (χ0v) is 40.8. The Bertz CT molecular complexity index is 1910. The molecule has 5 aromatic rings. The molecular weight excluding hydrogens is 801 g/mol. The van der Waals surface area contributed by atoms with Crippen LogP contribution in [-0.4, -0.2) is 73.0 Å². The van der Waals surface area contributed by atoms with Crippen LogP contribution >= 0.6 is 0 Å². The maximum absolute atomic E-state index is 13.7. The molecule has 0 saturated heterocycles. The van der Waals surface area contributed by atoms with E-state index in [1.165, 1.54) is 81.1 Å². The van der Waals surface area contributed by atoms with Crippen LogP contribution in [-0.2, 0) is 32.7 Å². The van der Waals surface area contributed by atoms with E-state index in [9.17, 15) is 4.79 Å². The normalized spacial score (nSPS) is 11.1. The lowest BCUT2D eigenvalue weighted by Gasteiger charge is -2.28. The van der Waals surface area contributed by atoms with Crippen LogP contribution in [0.2, 0.25) is 0 Å². The van der Waals surface area contributed by atoms with Crippen LogP contribution in [0.1, 0.15) is 131 Å². The molecule has 7 nitrogen and oxygen atoms in total. The van der Waals surface area contributed by atoms with E-state index < -0.39 is 0 Å². The maximum Gasteiger partial charge on any atom is 0.254 e. The lowest BCUT2D eigenvalue weighted by molar-refractivity contribution is 0.0720. The Hall–Kier alpha value is -4.95. The predicted octanol–water partition coefficient (Wildman–Crippen LogP) is 13.0. The summed E-state index contributed by atoms with van der Waals surface area (Å²) in [7, 11) is 0. The van der Waals surface area contributed by atoms with Crippen molar-refractivity contribution >= 4 is 5.91 Å². The Balaban J connectivity index is 0.000000302. The highest BCUT2D eigenvalue weighted by atomic mass is 16.5. The SMILES string of the molecule is CCCCN(CCCC)CCN(Cc1ccc(OCc2ccccc2)cc1)C(=O)c1ccc(CCC)cc1.CCCCN(CCCC)CCNCc1ccc(OCc2ccccc2)cc1. The average molecular weight is 883 g/mol. The molecule has 0 unspecified atom stereocenters. The number of nitrogens with zero attached hydrogens (tertiary/aromatic N) is 3. The largest absolute Gasteiger partial charge is 0.489 e. The standard InChI is InChI=1S/C34H46N2O2.C24H36N2O/c1-4-7-23-35(24-8-5-2)25-26-36(34(37)32-19-15-29(12-6-3)16-20-32)27-30-17-21-33(22-18-30)38-28-31-13-10-9-11-14-31;1-3-5-17-26(18-6-4-2)19-16-25-20-22-12-14-24(15-13-22)27-21-23-10-8-7-9-11-23/h9-11,13-22H,4-8,12,23-28H2,1-3H3;7-15,25H,3-6,16-21H2,1-2H3. The van der Waals surface area contributed by atoms with Crippen molar-refractivity contribution in [2.75, 3.05) is 52.4 Å². The van der Waals surface area contributed by atoms with Crippen molar-refractivity contribution in [1.29, 1.82) is 0 Å². The highest BCUT2D eigenvalue weighted by molar-refractivity contribution is 5.94. The molecule has 1 amide bonds. The molecule has 0 atom stereocenters. The van der Waals surface area contributed by atoms with Gasteiger partial charge in [-0.05, 0) is 122 Å². The number of benzene rings is 5. The van der Waals surface area contributed by atoms with Crippen molar-refractivity contribution in [2.24, 2.45) is 0 Å². The molecule has 0 aliphatic rings. The first kappa shape index (κ1) is 52.7. The van der Waals surface area contributed by atoms with E-state index in [0.717, 1.165) is 86.8 Å². The van der Waals surface area contributed by atoms with Crippen LogP contribution in [0.3, 0.4) is 0 Å². The number of hydrogen-bond donors (Lipinski definition) is 1. The van der Waals surface area contributed by atoms with E-state index in [2.05, 4.69) is 123 Å². The fourth-order valence-corrected chi connectivity index (χ4v) is 7.56. The van der Waals surface area contributed by atoms with Gasteiger partial charge in [-0.15, -0.1) is 0 Å². The molecule has 5 aromatic carbocycles. The van der Waals surface area contributed by atoms with Gasteiger partial charge >= 0.3 is 0 Å². The number of aryl methyl sites for hydroxylation is 1. The van der Waals surface area contributed by atoms with Gasteiger partial charge in [0, 0.05) is 44.8 Å². The molecule has 0 aromatic heterocycles. The Kier molecular flexibility index (Phi) is 26.5. The molecule has 0 heterocycles. The summed E-state index contributed by atoms with van der Waals surface area (Å²) in [5.41, 5.74) is 6.80. The second-order valence-electron chi connectivity index (χ2n) is 17.3. The van der Waals surface area contributed by atoms with E-state index in [1.54, 1.807) is 0 Å². The first-order valence-corrected chi connectivity index (χ1v) is 25.0. The Morgan fingerprint density at radius 1 is 0.446 bits per heavy atom. The second-order valence-corrected chi connectivity index (χ2v) is 17.3. The summed E-state index contributed by atoms with van der Waals surface area (Å²) in [6, 6.07) is 45.3. The van der Waals surface area contributed by atoms with Gasteiger partial charge in [-0.3, -0.25) is 4.79 Å². The number of unbranched alkanes of at least 4 members (excludes halogenated alkanes) is 4. The van der Waals surface area contributed by atoms with E-state index >= 15 is 0 Å². The smallest absolute Gasteiger partial charge is 0.254 e. The first-order chi connectivity index (χ1) is 31.9. The number of carbonyl (C=O) groups excluding carboxylic acids is 1. The molecular formula is C58H82N4O3. The Morgan fingerprint density at radius 3 is 1.35 bits per heavy atom. The van der Waals surface area contributed by atoms with Crippen molar-refractivity contribution in [3.05, 3.63) is 167 Å². The molecule has 0 radical (unpaired) electrons. The van der Waals surface area contributed by atoms with Crippen LogP contribution < -0.4 is 14.8 Å². The summed E-state index contributed by atoms with van der Waals surface area (Å²) in [6.07, 6.45) is 12.1. The predicted molar refractivity (Wildman–Crippen MR) is 274 cm³/mol. The van der Waals surface area contributed by atoms with Crippen LogP contribution in [0.25, 0.3) is 0 Å². The number of hydrogen-bond acceptors (Lipinski definition) is 6. The molecule has 0 saturated carbocycles. The molecule has 0 bridgehead atoms. The minimum Gasteiger partial charge on any atom is -0.489 e. The number of amides is 1. The highest BCUT2D eigenvalue weighted by Gasteiger charge is 2.18. The molecule has 0 spiro atoms. The monoisotopic (exact) mass is 883 g/mol.